The van der Waals surface area contributed by atoms with Gasteiger partial charge in [-0.1, -0.05) is 101 Å². The van der Waals surface area contributed by atoms with Crippen molar-refractivity contribution in [1.82, 2.24) is 4.98 Å². The lowest BCUT2D eigenvalue weighted by Gasteiger charge is -2.26. The highest BCUT2D eigenvalue weighted by Gasteiger charge is 2.40. The van der Waals surface area contributed by atoms with E-state index in [2.05, 4.69) is 74.3 Å². The number of rotatable bonds is 4. The molecule has 210 valence electrons. The van der Waals surface area contributed by atoms with Gasteiger partial charge in [0.1, 0.15) is 0 Å². The molecule has 4 atom stereocenters. The number of ether oxygens (including phenoxy) is 2. The lowest BCUT2D eigenvalue weighted by atomic mass is 10.0. The molecule has 4 fully saturated rings. The minimum absolute atomic E-state index is 0.703. The van der Waals surface area contributed by atoms with E-state index in [0.717, 1.165) is 0 Å². The molecule has 0 bridgehead atoms. The van der Waals surface area contributed by atoms with Crippen molar-refractivity contribution in [1.29, 1.82) is 0 Å². The molecule has 5 heteroatoms. The molecule has 4 aliphatic rings. The van der Waals surface area contributed by atoms with Gasteiger partial charge in [-0.15, -0.1) is 11.3 Å². The minimum atomic E-state index is -1.16. The van der Waals surface area contributed by atoms with Gasteiger partial charge >= 0.3 is 0 Å². The molecule has 2 aromatic carbocycles. The number of hydrogen-bond acceptors (Lipinski definition) is 3. The van der Waals surface area contributed by atoms with E-state index >= 15 is 0 Å². The first-order valence-corrected chi connectivity index (χ1v) is 18.9. The molecular formula is C34H47NO2SSi. The van der Waals surface area contributed by atoms with Gasteiger partial charge in [-0.3, -0.25) is 0 Å². The number of benzene rings is 2. The third kappa shape index (κ3) is 7.43. The lowest BCUT2D eigenvalue weighted by Crippen LogP contribution is -2.43. The third-order valence-electron chi connectivity index (χ3n) is 9.27. The number of H-pyrrole nitrogens is 1. The van der Waals surface area contributed by atoms with Crippen LogP contribution < -0.4 is 4.50 Å². The number of thiophene rings is 1. The lowest BCUT2D eigenvalue weighted by molar-refractivity contribution is 0.372. The summed E-state index contributed by atoms with van der Waals surface area (Å²) in [5.41, 5.74) is 1.21. The average Bonchev–Trinajstić information content (AvgIpc) is 3.86. The van der Waals surface area contributed by atoms with E-state index in [-0.39, 0.29) is 0 Å². The molecular weight excluding hydrogens is 515 g/mol. The van der Waals surface area contributed by atoms with Crippen molar-refractivity contribution in [2.24, 2.45) is 0 Å². The molecule has 3 nitrogen and oxygen atoms in total. The fraction of sp³-hybridized carbons (Fsp3) is 0.529. The monoisotopic (exact) mass is 561 g/mol. The highest BCUT2D eigenvalue weighted by molar-refractivity contribution is 7.31. The second-order valence-electron chi connectivity index (χ2n) is 11.5. The number of aromatic nitrogens is 1. The Balaban J connectivity index is 0.000000113. The highest BCUT2D eigenvalue weighted by Crippen LogP contribution is 2.36. The molecule has 39 heavy (non-hydrogen) atoms. The molecule has 4 aromatic rings. The van der Waals surface area contributed by atoms with Crippen molar-refractivity contribution >= 4 is 44.9 Å². The summed E-state index contributed by atoms with van der Waals surface area (Å²) in [5.74, 6) is 0. The van der Waals surface area contributed by atoms with Gasteiger partial charge in [-0.05, 0) is 65.2 Å². The van der Waals surface area contributed by atoms with Gasteiger partial charge in [-0.2, -0.15) is 0 Å². The van der Waals surface area contributed by atoms with Gasteiger partial charge in [0.2, 0.25) is 0 Å². The van der Waals surface area contributed by atoms with E-state index in [0.29, 0.717) is 24.4 Å². The van der Waals surface area contributed by atoms with Gasteiger partial charge in [0.05, 0.1) is 32.5 Å². The Morgan fingerprint density at radius 2 is 1.21 bits per heavy atom. The van der Waals surface area contributed by atoms with E-state index in [9.17, 15) is 0 Å². The molecule has 2 saturated carbocycles. The van der Waals surface area contributed by atoms with Crippen LogP contribution in [0.2, 0.25) is 18.1 Å². The number of epoxide rings is 2. The number of hydrogen-bond donors (Lipinski definition) is 1. The molecule has 0 radical (unpaired) electrons. The maximum absolute atomic E-state index is 5.28. The van der Waals surface area contributed by atoms with Crippen LogP contribution in [0.1, 0.15) is 72.1 Å². The summed E-state index contributed by atoms with van der Waals surface area (Å²) in [5, 5.41) is 2.72. The largest absolute Gasteiger partial charge is 0.370 e. The predicted octanol–water partition coefficient (Wildman–Crippen LogP) is 9.44. The standard InChI is InChI=1S/C14H20SSi.C8H7N.2C6H10O/c1-4-16(5-2,6-3)14-11-12-9-7-8-10-13(12)15-14;1-2-4-8-7(3-1)5-6-9-8;2*1-2-4-6-5(3-1)7-6/h7-11H,4-6H2,1-3H3;1-6,9H;2*5-6H,1-4H2. The van der Waals surface area contributed by atoms with Crippen molar-refractivity contribution in [3.63, 3.8) is 0 Å². The van der Waals surface area contributed by atoms with Crippen molar-refractivity contribution < 1.29 is 9.47 Å². The third-order valence-corrected chi connectivity index (χ3v) is 17.1. The predicted molar refractivity (Wildman–Crippen MR) is 171 cm³/mol. The molecule has 0 amide bonds. The molecule has 8 rings (SSSR count). The van der Waals surface area contributed by atoms with Crippen molar-refractivity contribution in [2.45, 2.75) is 115 Å². The number of para-hydroxylation sites is 1. The molecule has 2 aliphatic heterocycles. The van der Waals surface area contributed by atoms with Crippen LogP contribution in [0.25, 0.3) is 21.0 Å². The summed E-state index contributed by atoms with van der Waals surface area (Å²) in [4.78, 5) is 3.12. The SMILES string of the molecule is C1CCC2OC2C1.C1CCC2OC2C1.CC[Si](CC)(CC)c1cc2ccccc2s1.c1ccc2[nH]ccc2c1. The van der Waals surface area contributed by atoms with Crippen molar-refractivity contribution in [3.8, 4) is 0 Å². The molecule has 4 unspecified atom stereocenters. The summed E-state index contributed by atoms with van der Waals surface area (Å²) in [7, 11) is -1.16. The fourth-order valence-electron chi connectivity index (χ4n) is 6.27. The molecule has 2 aliphatic carbocycles. The Hall–Kier alpha value is -1.92. The molecule has 2 saturated heterocycles. The zero-order chi connectivity index (χ0) is 27.1. The van der Waals surface area contributed by atoms with Crippen LogP contribution in [-0.2, 0) is 9.47 Å². The minimum Gasteiger partial charge on any atom is -0.370 e. The maximum Gasteiger partial charge on any atom is 0.0987 e. The Morgan fingerprint density at radius 1 is 0.692 bits per heavy atom. The Morgan fingerprint density at radius 3 is 1.69 bits per heavy atom. The van der Waals surface area contributed by atoms with Gasteiger partial charge < -0.3 is 14.5 Å². The van der Waals surface area contributed by atoms with Crippen LogP contribution in [0.5, 0.6) is 0 Å². The van der Waals surface area contributed by atoms with E-state index in [1.807, 2.05) is 29.7 Å². The zero-order valence-corrected chi connectivity index (χ0v) is 26.0. The smallest absolute Gasteiger partial charge is 0.0987 e. The Bertz CT molecular complexity index is 1180. The first-order chi connectivity index (χ1) is 19.2. The van der Waals surface area contributed by atoms with Crippen LogP contribution in [-0.4, -0.2) is 37.5 Å². The van der Waals surface area contributed by atoms with E-state index < -0.39 is 8.07 Å². The summed E-state index contributed by atoms with van der Waals surface area (Å²) >= 11 is 2.04. The van der Waals surface area contributed by atoms with Gasteiger partial charge in [-0.25, -0.2) is 0 Å². The molecule has 2 aromatic heterocycles. The average molecular weight is 562 g/mol. The molecule has 0 spiro atoms. The second-order valence-corrected chi connectivity index (χ2v) is 18.2. The zero-order valence-electron chi connectivity index (χ0n) is 24.2. The Kier molecular flexibility index (Phi) is 9.99. The summed E-state index contributed by atoms with van der Waals surface area (Å²) < 4.78 is 13.7. The number of fused-ring (bicyclic) bond motifs is 4. The summed E-state index contributed by atoms with van der Waals surface area (Å²) in [6.07, 6.45) is 15.7. The van der Waals surface area contributed by atoms with Crippen LogP contribution in [0.3, 0.4) is 0 Å². The first-order valence-electron chi connectivity index (χ1n) is 15.5. The quantitative estimate of drug-likeness (QED) is 0.199. The maximum atomic E-state index is 5.28. The van der Waals surface area contributed by atoms with Gasteiger partial charge in [0.15, 0.2) is 0 Å². The van der Waals surface area contributed by atoms with Crippen LogP contribution in [0.4, 0.5) is 0 Å². The van der Waals surface area contributed by atoms with E-state index in [1.54, 1.807) is 4.50 Å². The highest BCUT2D eigenvalue weighted by atomic mass is 32.1. The summed E-state index contributed by atoms with van der Waals surface area (Å²) in [6.45, 7) is 7.14. The topological polar surface area (TPSA) is 40.8 Å². The molecule has 1 N–H and O–H groups in total. The second kappa shape index (κ2) is 13.6. The van der Waals surface area contributed by atoms with Crippen molar-refractivity contribution in [3.05, 3.63) is 66.9 Å². The normalized spacial score (nSPS) is 24.6. The number of aromatic amines is 1. The summed E-state index contributed by atoms with van der Waals surface area (Å²) in [6, 6.07) is 25.7. The molecule has 4 heterocycles. The van der Waals surface area contributed by atoms with E-state index in [4.69, 9.17) is 9.47 Å². The van der Waals surface area contributed by atoms with Crippen molar-refractivity contribution in [2.75, 3.05) is 0 Å². The van der Waals surface area contributed by atoms with Gasteiger partial charge in [0.25, 0.3) is 0 Å². The van der Waals surface area contributed by atoms with Crippen LogP contribution >= 0.6 is 11.3 Å². The fourth-order valence-corrected chi connectivity index (χ4v) is 12.6. The van der Waals surface area contributed by atoms with Gasteiger partial charge in [0, 0.05) is 16.4 Å². The van der Waals surface area contributed by atoms with Crippen LogP contribution in [0, 0.1) is 0 Å². The van der Waals surface area contributed by atoms with E-state index in [1.165, 1.54) is 90.5 Å². The van der Waals surface area contributed by atoms with Crippen LogP contribution in [0.15, 0.2) is 66.9 Å². The Labute approximate surface area is 240 Å². The number of nitrogens with one attached hydrogen (secondary N) is 1. The first kappa shape index (κ1) is 28.6.